The minimum Gasteiger partial charge on any atom is -0.478 e. The Labute approximate surface area is 121 Å². The summed E-state index contributed by atoms with van der Waals surface area (Å²) in [5.74, 6) is 1.24. The van der Waals surface area contributed by atoms with Crippen LogP contribution >= 0.6 is 0 Å². The van der Waals surface area contributed by atoms with E-state index in [1.165, 1.54) is 7.11 Å². The van der Waals surface area contributed by atoms with Crippen molar-refractivity contribution in [1.82, 2.24) is 9.97 Å². The minimum absolute atomic E-state index is 0.0455. The molecule has 1 aromatic heterocycles. The first-order valence-corrected chi connectivity index (χ1v) is 6.75. The predicted molar refractivity (Wildman–Crippen MR) is 72.3 cm³/mol. The van der Waals surface area contributed by atoms with Gasteiger partial charge in [-0.15, -0.1) is 0 Å². The highest BCUT2D eigenvalue weighted by Gasteiger charge is 2.26. The Hall–Kier alpha value is -1.57. The van der Waals surface area contributed by atoms with Crippen LogP contribution in [0.5, 0.6) is 5.88 Å². The van der Waals surface area contributed by atoms with Crippen molar-refractivity contribution in [3.8, 4) is 5.88 Å². The smallest absolute Gasteiger partial charge is 0.389 e. The van der Waals surface area contributed by atoms with E-state index in [0.717, 1.165) is 13.0 Å². The summed E-state index contributed by atoms with van der Waals surface area (Å²) in [5.41, 5.74) is 0. The summed E-state index contributed by atoms with van der Waals surface area (Å²) >= 11 is 0. The maximum Gasteiger partial charge on any atom is 0.389 e. The Kier molecular flexibility index (Phi) is 7.21. The Morgan fingerprint density at radius 1 is 1.29 bits per heavy atom. The molecule has 21 heavy (non-hydrogen) atoms. The molecule has 0 unspecified atom stereocenters. The van der Waals surface area contributed by atoms with Gasteiger partial charge in [0.15, 0.2) is 5.82 Å². The van der Waals surface area contributed by atoms with Crippen LogP contribution in [-0.2, 0) is 11.3 Å². The van der Waals surface area contributed by atoms with Gasteiger partial charge in [0.1, 0.15) is 12.4 Å². The lowest BCUT2D eigenvalue weighted by atomic mass is 10.3. The summed E-state index contributed by atoms with van der Waals surface area (Å²) in [6.45, 7) is 2.91. The summed E-state index contributed by atoms with van der Waals surface area (Å²) in [7, 11) is 1.51. The lowest BCUT2D eigenvalue weighted by Gasteiger charge is -2.11. The van der Waals surface area contributed by atoms with Crippen LogP contribution < -0.4 is 10.1 Å². The zero-order valence-electron chi connectivity index (χ0n) is 12.2. The van der Waals surface area contributed by atoms with E-state index in [1.807, 2.05) is 6.92 Å². The van der Waals surface area contributed by atoms with Crippen LogP contribution in [0, 0.1) is 0 Å². The topological polar surface area (TPSA) is 56.3 Å². The molecule has 0 aliphatic heterocycles. The fourth-order valence-corrected chi connectivity index (χ4v) is 1.53. The fourth-order valence-electron chi connectivity index (χ4n) is 1.53. The quantitative estimate of drug-likeness (QED) is 0.710. The third-order valence-corrected chi connectivity index (χ3v) is 2.43. The molecule has 0 atom stereocenters. The number of nitrogens with one attached hydrogen (secondary N) is 1. The van der Waals surface area contributed by atoms with E-state index in [-0.39, 0.29) is 25.5 Å². The first-order valence-electron chi connectivity index (χ1n) is 6.75. The summed E-state index contributed by atoms with van der Waals surface area (Å²) in [5, 5.41) is 3.08. The van der Waals surface area contributed by atoms with Gasteiger partial charge in [0.05, 0.1) is 6.61 Å². The Bertz CT molecular complexity index is 428. The van der Waals surface area contributed by atoms with Crippen molar-refractivity contribution < 1.29 is 22.6 Å². The largest absolute Gasteiger partial charge is 0.478 e. The standard InChI is InChI=1S/C13H20F3N3O2/c1-3-6-17-10-8-12(19-11(18-10)9-20-2)21-7-4-5-13(14,15)16/h8H,3-7,9H2,1-2H3,(H,17,18,19). The highest BCUT2D eigenvalue weighted by molar-refractivity contribution is 5.38. The predicted octanol–water partition coefficient (Wildman–Crippen LogP) is 3.17. The molecule has 1 N–H and O–H groups in total. The number of aromatic nitrogens is 2. The van der Waals surface area contributed by atoms with E-state index in [9.17, 15) is 13.2 Å². The number of rotatable bonds is 9. The van der Waals surface area contributed by atoms with Gasteiger partial charge in [0.25, 0.3) is 0 Å². The number of anilines is 1. The van der Waals surface area contributed by atoms with Gasteiger partial charge in [-0.25, -0.2) is 4.98 Å². The molecule has 1 heterocycles. The molecule has 0 saturated heterocycles. The second-order valence-electron chi connectivity index (χ2n) is 4.43. The van der Waals surface area contributed by atoms with Crippen molar-refractivity contribution in [3.63, 3.8) is 0 Å². The van der Waals surface area contributed by atoms with Gasteiger partial charge in [-0.1, -0.05) is 6.92 Å². The van der Waals surface area contributed by atoms with Crippen LogP contribution in [0.3, 0.4) is 0 Å². The van der Waals surface area contributed by atoms with Gasteiger partial charge in [-0.05, 0) is 12.8 Å². The summed E-state index contributed by atoms with van der Waals surface area (Å²) in [4.78, 5) is 8.31. The Morgan fingerprint density at radius 2 is 2.05 bits per heavy atom. The van der Waals surface area contributed by atoms with Crippen LogP contribution in [0.2, 0.25) is 0 Å². The van der Waals surface area contributed by atoms with E-state index < -0.39 is 12.6 Å². The second-order valence-corrected chi connectivity index (χ2v) is 4.43. The minimum atomic E-state index is -4.16. The SMILES string of the molecule is CCCNc1cc(OCCCC(F)(F)F)nc(COC)n1. The molecular formula is C13H20F3N3O2. The molecule has 8 heteroatoms. The van der Waals surface area contributed by atoms with Crippen molar-refractivity contribution in [2.45, 2.75) is 39.0 Å². The number of halogens is 3. The van der Waals surface area contributed by atoms with E-state index >= 15 is 0 Å². The molecule has 1 aromatic rings. The highest BCUT2D eigenvalue weighted by Crippen LogP contribution is 2.21. The van der Waals surface area contributed by atoms with E-state index in [2.05, 4.69) is 15.3 Å². The maximum absolute atomic E-state index is 12.0. The van der Waals surface area contributed by atoms with Gasteiger partial charge in [0, 0.05) is 26.1 Å². The average molecular weight is 307 g/mol. The van der Waals surface area contributed by atoms with Gasteiger partial charge >= 0.3 is 6.18 Å². The van der Waals surface area contributed by atoms with Crippen molar-refractivity contribution >= 4 is 5.82 Å². The summed E-state index contributed by atoms with van der Waals surface area (Å²) in [6, 6.07) is 1.57. The Morgan fingerprint density at radius 3 is 2.67 bits per heavy atom. The number of hydrogen-bond acceptors (Lipinski definition) is 5. The van der Waals surface area contributed by atoms with Crippen molar-refractivity contribution in [2.75, 3.05) is 25.6 Å². The van der Waals surface area contributed by atoms with Crippen LogP contribution in [0.15, 0.2) is 6.07 Å². The number of methoxy groups -OCH3 is 1. The fraction of sp³-hybridized carbons (Fsp3) is 0.692. The van der Waals surface area contributed by atoms with Gasteiger partial charge in [-0.3, -0.25) is 0 Å². The zero-order chi connectivity index (χ0) is 15.7. The molecule has 0 spiro atoms. The van der Waals surface area contributed by atoms with Crippen molar-refractivity contribution in [1.29, 1.82) is 0 Å². The number of ether oxygens (including phenoxy) is 2. The number of hydrogen-bond donors (Lipinski definition) is 1. The van der Waals surface area contributed by atoms with Crippen molar-refractivity contribution in [2.24, 2.45) is 0 Å². The molecule has 0 aliphatic carbocycles. The number of nitrogens with zero attached hydrogens (tertiary/aromatic N) is 2. The average Bonchev–Trinajstić information content (AvgIpc) is 2.41. The molecule has 0 aromatic carbocycles. The molecule has 1 rings (SSSR count). The molecule has 0 aliphatic rings. The molecule has 0 radical (unpaired) electrons. The maximum atomic E-state index is 12.0. The highest BCUT2D eigenvalue weighted by atomic mass is 19.4. The third-order valence-electron chi connectivity index (χ3n) is 2.43. The first-order chi connectivity index (χ1) is 9.94. The molecule has 0 fully saturated rings. The molecule has 0 saturated carbocycles. The van der Waals surface area contributed by atoms with Crippen molar-refractivity contribution in [3.05, 3.63) is 11.9 Å². The lowest BCUT2D eigenvalue weighted by Crippen LogP contribution is -2.11. The second kappa shape index (κ2) is 8.66. The van der Waals surface area contributed by atoms with Gasteiger partial charge in [0.2, 0.25) is 5.88 Å². The summed E-state index contributed by atoms with van der Waals surface area (Å²) in [6.07, 6.45) is -4.22. The number of alkyl halides is 3. The van der Waals surface area contributed by atoms with Crippen LogP contribution in [0.1, 0.15) is 32.0 Å². The van der Waals surface area contributed by atoms with E-state index in [0.29, 0.717) is 11.6 Å². The van der Waals surface area contributed by atoms with E-state index in [1.54, 1.807) is 6.07 Å². The van der Waals surface area contributed by atoms with Crippen LogP contribution in [0.4, 0.5) is 19.0 Å². The Balaban J connectivity index is 2.60. The van der Waals surface area contributed by atoms with Gasteiger partial charge < -0.3 is 14.8 Å². The molecule has 0 bridgehead atoms. The zero-order valence-corrected chi connectivity index (χ0v) is 12.2. The summed E-state index contributed by atoms with van der Waals surface area (Å²) < 4.78 is 46.3. The van der Waals surface area contributed by atoms with Crippen LogP contribution in [0.25, 0.3) is 0 Å². The molecule has 0 amide bonds. The molecule has 5 nitrogen and oxygen atoms in total. The first kappa shape index (κ1) is 17.5. The third kappa shape index (κ3) is 7.69. The van der Waals surface area contributed by atoms with Crippen LogP contribution in [-0.4, -0.2) is 36.4 Å². The normalized spacial score (nSPS) is 11.5. The lowest BCUT2D eigenvalue weighted by molar-refractivity contribution is -0.136. The molecular weight excluding hydrogens is 287 g/mol. The molecule has 120 valence electrons. The monoisotopic (exact) mass is 307 g/mol. The van der Waals surface area contributed by atoms with Gasteiger partial charge in [-0.2, -0.15) is 18.2 Å². The van der Waals surface area contributed by atoms with E-state index in [4.69, 9.17) is 9.47 Å².